The van der Waals surface area contributed by atoms with E-state index in [1.54, 1.807) is 24.7 Å². The normalized spacial score (nSPS) is 11.8. The fourth-order valence-electron chi connectivity index (χ4n) is 3.32. The third-order valence-electron chi connectivity index (χ3n) is 4.99. The Labute approximate surface area is 197 Å². The molecule has 32 heavy (non-hydrogen) atoms. The number of aromatic nitrogens is 3. The van der Waals surface area contributed by atoms with Crippen molar-refractivity contribution >= 4 is 36.1 Å². The van der Waals surface area contributed by atoms with Crippen molar-refractivity contribution < 1.29 is 4.79 Å². The fourth-order valence-corrected chi connectivity index (χ4v) is 3.62. The van der Waals surface area contributed by atoms with Crippen molar-refractivity contribution in [2.45, 2.75) is 12.5 Å². The Hall–Kier alpha value is -3.13. The smallest absolute Gasteiger partial charge is 0.247 e. The van der Waals surface area contributed by atoms with Crippen LogP contribution in [0.3, 0.4) is 0 Å². The Kier molecular flexibility index (Phi) is 7.21. The molecule has 6 nitrogen and oxygen atoms in total. The highest BCUT2D eigenvalue weighted by molar-refractivity contribution is 7.78. The number of carbonyl (C=O) groups is 1. The molecular weight excluding hydrogens is 442 g/mol. The highest BCUT2D eigenvalue weighted by atomic mass is 35.5. The minimum Gasteiger partial charge on any atom is -0.309 e. The minimum absolute atomic E-state index is 0.171. The van der Waals surface area contributed by atoms with Crippen LogP contribution in [0.2, 0.25) is 5.02 Å². The molecule has 0 fully saturated rings. The Balaban J connectivity index is 1.43. The molecule has 4 rings (SSSR count). The average molecular weight is 464 g/mol. The van der Waals surface area contributed by atoms with Crippen molar-refractivity contribution in [1.82, 2.24) is 19.5 Å². The first kappa shape index (κ1) is 22.1. The molecule has 4 aromatic rings. The zero-order chi connectivity index (χ0) is 22.3. The summed E-state index contributed by atoms with van der Waals surface area (Å²) in [6.45, 7) is 0.634. The SMILES string of the molecule is O=C(Nc1ccc(-c2cnn(S)c2)cn1)C(NCCc1ccc(Cl)cc1)c1ccccc1. The van der Waals surface area contributed by atoms with Crippen molar-refractivity contribution in [3.63, 3.8) is 0 Å². The van der Waals surface area contributed by atoms with Gasteiger partial charge in [0, 0.05) is 35.1 Å². The number of halogens is 1. The number of thiol groups is 1. The van der Waals surface area contributed by atoms with Crippen LogP contribution in [0.4, 0.5) is 5.82 Å². The summed E-state index contributed by atoms with van der Waals surface area (Å²) < 4.78 is 1.44. The van der Waals surface area contributed by atoms with Crippen molar-refractivity contribution in [3.05, 3.63) is 101 Å². The summed E-state index contributed by atoms with van der Waals surface area (Å²) in [6, 6.07) is 20.5. The standard InChI is InChI=1S/C24H22ClN5OS/c25-21-9-6-17(7-10-21)12-13-26-23(18-4-2-1-3-5-18)24(31)29-22-11-8-19(14-27-22)20-15-28-30(32)16-20/h1-11,14-16,23,26,32H,12-13H2,(H,27,29,31). The van der Waals surface area contributed by atoms with Crippen LogP contribution in [0.15, 0.2) is 85.3 Å². The summed E-state index contributed by atoms with van der Waals surface area (Å²) in [6.07, 6.45) is 5.97. The van der Waals surface area contributed by atoms with Gasteiger partial charge in [0.15, 0.2) is 0 Å². The van der Waals surface area contributed by atoms with Crippen LogP contribution >= 0.6 is 24.4 Å². The van der Waals surface area contributed by atoms with E-state index >= 15 is 0 Å². The molecule has 2 N–H and O–H groups in total. The molecule has 0 aliphatic carbocycles. The second kappa shape index (κ2) is 10.5. The van der Waals surface area contributed by atoms with E-state index in [9.17, 15) is 4.79 Å². The van der Waals surface area contributed by atoms with Gasteiger partial charge in [-0.2, -0.15) is 5.10 Å². The van der Waals surface area contributed by atoms with Crippen LogP contribution in [0.1, 0.15) is 17.2 Å². The third-order valence-corrected chi connectivity index (χ3v) is 5.46. The van der Waals surface area contributed by atoms with E-state index in [0.29, 0.717) is 17.4 Å². The molecule has 1 amide bonds. The Bertz CT molecular complexity index is 1160. The lowest BCUT2D eigenvalue weighted by Gasteiger charge is -2.19. The lowest BCUT2D eigenvalue weighted by Crippen LogP contribution is -2.34. The topological polar surface area (TPSA) is 71.8 Å². The highest BCUT2D eigenvalue weighted by Gasteiger charge is 2.20. The summed E-state index contributed by atoms with van der Waals surface area (Å²) in [5.41, 5.74) is 3.83. The predicted octanol–water partition coefficient (Wildman–Crippen LogP) is 4.80. The van der Waals surface area contributed by atoms with Gasteiger partial charge in [0.1, 0.15) is 11.9 Å². The van der Waals surface area contributed by atoms with Gasteiger partial charge in [0.25, 0.3) is 0 Å². The van der Waals surface area contributed by atoms with Gasteiger partial charge in [0.2, 0.25) is 5.91 Å². The molecule has 2 aromatic heterocycles. The van der Waals surface area contributed by atoms with Gasteiger partial charge in [-0.25, -0.2) is 9.07 Å². The maximum atomic E-state index is 13.1. The quantitative estimate of drug-likeness (QED) is 0.328. The molecule has 0 bridgehead atoms. The molecule has 0 aliphatic heterocycles. The Morgan fingerprint density at radius 2 is 1.78 bits per heavy atom. The largest absolute Gasteiger partial charge is 0.309 e. The molecule has 0 spiro atoms. The maximum Gasteiger partial charge on any atom is 0.247 e. The second-order valence-corrected chi connectivity index (χ2v) is 8.09. The first-order chi connectivity index (χ1) is 15.6. The molecule has 1 unspecified atom stereocenters. The van der Waals surface area contributed by atoms with E-state index in [2.05, 4.69) is 33.5 Å². The fraction of sp³-hybridized carbons (Fsp3) is 0.125. The number of hydrogen-bond donors (Lipinski definition) is 3. The average Bonchev–Trinajstić information content (AvgIpc) is 3.25. The van der Waals surface area contributed by atoms with E-state index in [1.165, 1.54) is 4.09 Å². The first-order valence-electron chi connectivity index (χ1n) is 10.1. The van der Waals surface area contributed by atoms with Crippen LogP contribution in [0.5, 0.6) is 0 Å². The molecule has 2 aromatic carbocycles. The number of amides is 1. The van der Waals surface area contributed by atoms with Gasteiger partial charge in [-0.05, 0) is 54.6 Å². The summed E-state index contributed by atoms with van der Waals surface area (Å²) in [4.78, 5) is 17.5. The number of carbonyl (C=O) groups excluding carboxylic acids is 1. The van der Waals surface area contributed by atoms with Crippen molar-refractivity contribution in [1.29, 1.82) is 0 Å². The lowest BCUT2D eigenvalue weighted by atomic mass is 10.1. The molecule has 1 atom stereocenters. The van der Waals surface area contributed by atoms with Gasteiger partial charge in [-0.3, -0.25) is 4.79 Å². The number of pyridine rings is 1. The highest BCUT2D eigenvalue weighted by Crippen LogP contribution is 2.20. The summed E-state index contributed by atoms with van der Waals surface area (Å²) in [5.74, 6) is 0.313. The molecule has 0 aliphatic rings. The van der Waals surface area contributed by atoms with Gasteiger partial charge in [-0.1, -0.05) is 54.1 Å². The third kappa shape index (κ3) is 5.76. The summed E-state index contributed by atoms with van der Waals surface area (Å²) in [5, 5.41) is 11.0. The van der Waals surface area contributed by atoms with Crippen molar-refractivity contribution in [2.24, 2.45) is 0 Å². The number of hydrogen-bond acceptors (Lipinski definition) is 5. The number of anilines is 1. The summed E-state index contributed by atoms with van der Waals surface area (Å²) in [7, 11) is 0. The molecule has 8 heteroatoms. The molecule has 2 heterocycles. The number of rotatable bonds is 8. The Morgan fingerprint density at radius 1 is 1.00 bits per heavy atom. The van der Waals surface area contributed by atoms with Crippen molar-refractivity contribution in [3.8, 4) is 11.1 Å². The van der Waals surface area contributed by atoms with Gasteiger partial charge in [-0.15, -0.1) is 0 Å². The van der Waals surface area contributed by atoms with E-state index in [-0.39, 0.29) is 5.91 Å². The monoisotopic (exact) mass is 463 g/mol. The Morgan fingerprint density at radius 3 is 2.44 bits per heavy atom. The van der Waals surface area contributed by atoms with E-state index in [0.717, 1.165) is 28.7 Å². The van der Waals surface area contributed by atoms with Gasteiger partial charge in [0.05, 0.1) is 6.20 Å². The second-order valence-electron chi connectivity index (χ2n) is 7.25. The number of benzene rings is 2. The molecule has 0 radical (unpaired) electrons. The van der Waals surface area contributed by atoms with Gasteiger partial charge < -0.3 is 10.6 Å². The first-order valence-corrected chi connectivity index (χ1v) is 10.9. The molecule has 0 saturated carbocycles. The van der Waals surface area contributed by atoms with Gasteiger partial charge >= 0.3 is 0 Å². The molecular formula is C24H22ClN5OS. The lowest BCUT2D eigenvalue weighted by molar-refractivity contribution is -0.118. The summed E-state index contributed by atoms with van der Waals surface area (Å²) >= 11 is 10.1. The van der Waals surface area contributed by atoms with Crippen LogP contribution in [-0.2, 0) is 11.2 Å². The number of nitrogens with zero attached hydrogens (tertiary/aromatic N) is 3. The van der Waals surface area contributed by atoms with E-state index in [4.69, 9.17) is 11.6 Å². The zero-order valence-corrected chi connectivity index (χ0v) is 18.8. The van der Waals surface area contributed by atoms with Crippen LogP contribution in [-0.4, -0.2) is 26.6 Å². The molecule has 162 valence electrons. The van der Waals surface area contributed by atoms with E-state index < -0.39 is 6.04 Å². The number of nitrogens with one attached hydrogen (secondary N) is 2. The minimum atomic E-state index is -0.507. The van der Waals surface area contributed by atoms with E-state index in [1.807, 2.05) is 60.7 Å². The van der Waals surface area contributed by atoms with Crippen LogP contribution < -0.4 is 10.6 Å². The maximum absolute atomic E-state index is 13.1. The van der Waals surface area contributed by atoms with Crippen LogP contribution in [0, 0.1) is 0 Å². The van der Waals surface area contributed by atoms with Crippen molar-refractivity contribution in [2.75, 3.05) is 11.9 Å². The molecule has 0 saturated heterocycles. The zero-order valence-electron chi connectivity index (χ0n) is 17.1. The van der Waals surface area contributed by atoms with Crippen LogP contribution in [0.25, 0.3) is 11.1 Å². The predicted molar refractivity (Wildman–Crippen MR) is 131 cm³/mol.